The highest BCUT2D eigenvalue weighted by Gasteiger charge is 2.57. The lowest BCUT2D eigenvalue weighted by molar-refractivity contribution is -0.376. The van der Waals surface area contributed by atoms with Crippen molar-refractivity contribution in [2.45, 2.75) is 110 Å². The molecule has 0 aromatic carbocycles. The topological polar surface area (TPSA) is 212 Å². The van der Waals surface area contributed by atoms with Gasteiger partial charge in [0.15, 0.2) is 36.6 Å². The number of esters is 7. The summed E-state index contributed by atoms with van der Waals surface area (Å²) < 4.78 is 68.2. The standard InChI is InChI=1S/C26H35FO17/c1-10(28)35-9-18-20(37-12(3)30)22(39-14(5)32)24(41-16(7)34)26(43-18)44-25-23(40-15(6)33)21(38-13(4)31)19(36-11(2)29)17(8-27)42-25/h17-26H,8-9H2,1-7H3/t17-,18+,19-,20+,21+,22-,23-,24+,25-,26+/m1/s1. The molecule has 248 valence electrons. The van der Waals surface area contributed by atoms with Crippen LogP contribution < -0.4 is 0 Å². The van der Waals surface area contributed by atoms with Gasteiger partial charge >= 0.3 is 41.8 Å². The van der Waals surface area contributed by atoms with Crippen molar-refractivity contribution < 1.29 is 85.3 Å². The van der Waals surface area contributed by atoms with Crippen LogP contribution in [-0.4, -0.2) is 116 Å². The lowest BCUT2D eigenvalue weighted by Gasteiger charge is -2.47. The van der Waals surface area contributed by atoms with E-state index in [0.717, 1.165) is 48.5 Å². The van der Waals surface area contributed by atoms with Crippen molar-refractivity contribution in [1.82, 2.24) is 0 Å². The van der Waals surface area contributed by atoms with Crippen molar-refractivity contribution in [3.63, 3.8) is 0 Å². The van der Waals surface area contributed by atoms with Crippen molar-refractivity contribution in [3.05, 3.63) is 0 Å². The highest BCUT2D eigenvalue weighted by Crippen LogP contribution is 2.35. The van der Waals surface area contributed by atoms with Gasteiger partial charge in [0.25, 0.3) is 0 Å². The Kier molecular flexibility index (Phi) is 13.4. The maximum absolute atomic E-state index is 14.2. The summed E-state index contributed by atoms with van der Waals surface area (Å²) in [7, 11) is 0. The summed E-state index contributed by atoms with van der Waals surface area (Å²) >= 11 is 0. The molecule has 17 nitrogen and oxygen atoms in total. The zero-order chi connectivity index (χ0) is 33.3. The molecule has 0 radical (unpaired) electrons. The van der Waals surface area contributed by atoms with Gasteiger partial charge in [0.05, 0.1) is 0 Å². The van der Waals surface area contributed by atoms with Crippen LogP contribution in [0.1, 0.15) is 48.5 Å². The van der Waals surface area contributed by atoms with Crippen molar-refractivity contribution in [2.24, 2.45) is 0 Å². The van der Waals surface area contributed by atoms with Gasteiger partial charge in [-0.15, -0.1) is 0 Å². The van der Waals surface area contributed by atoms with Gasteiger partial charge in [-0.25, -0.2) is 4.39 Å². The van der Waals surface area contributed by atoms with Crippen LogP contribution in [0, 0.1) is 0 Å². The third-order valence-corrected chi connectivity index (χ3v) is 5.87. The van der Waals surface area contributed by atoms with Crippen LogP contribution >= 0.6 is 0 Å². The van der Waals surface area contributed by atoms with Crippen molar-refractivity contribution in [1.29, 1.82) is 0 Å². The maximum atomic E-state index is 14.2. The van der Waals surface area contributed by atoms with Gasteiger partial charge in [0, 0.05) is 48.5 Å². The monoisotopic (exact) mass is 638 g/mol. The summed E-state index contributed by atoms with van der Waals surface area (Å²) in [6.45, 7) is 5.18. The molecule has 2 fully saturated rings. The minimum absolute atomic E-state index is 0.589. The molecule has 0 aliphatic carbocycles. The summed E-state index contributed by atoms with van der Waals surface area (Å²) in [6.07, 6.45) is -16.7. The second kappa shape index (κ2) is 16.2. The molecular weight excluding hydrogens is 603 g/mol. The molecule has 0 saturated carbocycles. The maximum Gasteiger partial charge on any atom is 0.303 e. The highest BCUT2D eigenvalue weighted by molar-refractivity contribution is 5.69. The first kappa shape index (κ1) is 36.3. The lowest BCUT2D eigenvalue weighted by atomic mass is 9.97. The van der Waals surface area contributed by atoms with Gasteiger partial charge < -0.3 is 47.4 Å². The molecule has 10 atom stereocenters. The Morgan fingerprint density at radius 2 is 0.795 bits per heavy atom. The average molecular weight is 639 g/mol. The number of hydrogen-bond donors (Lipinski definition) is 0. The number of alkyl halides is 1. The predicted octanol–water partition coefficient (Wildman–Crippen LogP) is -0.424. The van der Waals surface area contributed by atoms with Crippen LogP contribution in [0.5, 0.6) is 0 Å². The van der Waals surface area contributed by atoms with Crippen molar-refractivity contribution in [3.8, 4) is 0 Å². The van der Waals surface area contributed by atoms with E-state index in [-0.39, 0.29) is 0 Å². The Morgan fingerprint density at radius 1 is 0.477 bits per heavy atom. The molecular formula is C26H35FO17. The SMILES string of the molecule is CC(=O)OC[C@@H]1O[C@@H](O[C@H]2O[C@H](CF)[C@@H](OC(C)=O)[C@H](OC(C)=O)[C@H]2OC(C)=O)[C@@H](OC(C)=O)[C@H](OC(C)=O)[C@H]1OC(C)=O. The van der Waals surface area contributed by atoms with E-state index < -0.39 is 116 Å². The molecule has 44 heavy (non-hydrogen) atoms. The van der Waals surface area contributed by atoms with Crippen molar-refractivity contribution in [2.75, 3.05) is 13.3 Å². The van der Waals surface area contributed by atoms with E-state index in [1.807, 2.05) is 0 Å². The van der Waals surface area contributed by atoms with E-state index in [0.29, 0.717) is 0 Å². The normalized spacial score (nSPS) is 31.5. The largest absolute Gasteiger partial charge is 0.463 e. The molecule has 0 N–H and O–H groups in total. The third-order valence-electron chi connectivity index (χ3n) is 5.87. The fourth-order valence-electron chi connectivity index (χ4n) is 4.52. The van der Waals surface area contributed by atoms with Crippen LogP contribution in [0.3, 0.4) is 0 Å². The van der Waals surface area contributed by atoms with E-state index in [1.165, 1.54) is 0 Å². The summed E-state index contributed by atoms with van der Waals surface area (Å²) in [6, 6.07) is 0. The van der Waals surface area contributed by atoms with Crippen LogP contribution in [0.4, 0.5) is 4.39 Å². The Balaban J connectivity index is 2.63. The second-order valence-electron chi connectivity index (χ2n) is 9.62. The Morgan fingerprint density at radius 3 is 1.14 bits per heavy atom. The molecule has 0 aromatic heterocycles. The average Bonchev–Trinajstić information content (AvgIpc) is 2.87. The molecule has 0 aromatic rings. The molecule has 0 spiro atoms. The Bertz CT molecular complexity index is 1090. The zero-order valence-electron chi connectivity index (χ0n) is 25.0. The van der Waals surface area contributed by atoms with E-state index in [4.69, 9.17) is 47.4 Å². The molecule has 0 amide bonds. The molecule has 0 bridgehead atoms. The third kappa shape index (κ3) is 10.4. The fourth-order valence-corrected chi connectivity index (χ4v) is 4.52. The first-order valence-corrected chi connectivity index (χ1v) is 13.2. The fraction of sp³-hybridized carbons (Fsp3) is 0.731. The predicted molar refractivity (Wildman–Crippen MR) is 134 cm³/mol. The van der Waals surface area contributed by atoms with E-state index in [1.54, 1.807) is 0 Å². The smallest absolute Gasteiger partial charge is 0.303 e. The van der Waals surface area contributed by atoms with Gasteiger partial charge in [0.2, 0.25) is 12.6 Å². The van der Waals surface area contributed by atoms with Gasteiger partial charge in [0.1, 0.15) is 25.5 Å². The number of halogens is 1. The summed E-state index contributed by atoms with van der Waals surface area (Å²) in [5, 5.41) is 0. The van der Waals surface area contributed by atoms with Crippen LogP contribution in [-0.2, 0) is 80.9 Å². The number of rotatable bonds is 11. The Hall–Kier alpha value is -3.90. The van der Waals surface area contributed by atoms with Gasteiger partial charge in [-0.05, 0) is 0 Å². The number of hydrogen-bond acceptors (Lipinski definition) is 17. The Labute approximate surface area is 250 Å². The quantitative estimate of drug-likeness (QED) is 0.207. The van der Waals surface area contributed by atoms with Crippen LogP contribution in [0.15, 0.2) is 0 Å². The van der Waals surface area contributed by atoms with E-state index >= 15 is 0 Å². The minimum atomic E-state index is -1.88. The second-order valence-corrected chi connectivity index (χ2v) is 9.62. The van der Waals surface area contributed by atoms with Gasteiger partial charge in [-0.2, -0.15) is 0 Å². The molecule has 2 rings (SSSR count). The van der Waals surface area contributed by atoms with E-state index in [9.17, 15) is 38.0 Å². The summed E-state index contributed by atoms with van der Waals surface area (Å²) in [5.74, 6) is -6.30. The summed E-state index contributed by atoms with van der Waals surface area (Å²) in [4.78, 5) is 83.6. The highest BCUT2D eigenvalue weighted by atomic mass is 19.1. The van der Waals surface area contributed by atoms with Gasteiger partial charge in [-0.1, -0.05) is 0 Å². The molecule has 18 heteroatoms. The summed E-state index contributed by atoms with van der Waals surface area (Å²) in [5.41, 5.74) is 0. The number of carbonyl (C=O) groups excluding carboxylic acids is 7. The number of ether oxygens (including phenoxy) is 10. The first-order valence-electron chi connectivity index (χ1n) is 13.2. The minimum Gasteiger partial charge on any atom is -0.463 e. The molecule has 2 aliphatic rings. The van der Waals surface area contributed by atoms with Gasteiger partial charge in [-0.3, -0.25) is 33.6 Å². The van der Waals surface area contributed by atoms with Crippen molar-refractivity contribution >= 4 is 41.8 Å². The van der Waals surface area contributed by atoms with Crippen LogP contribution in [0.25, 0.3) is 0 Å². The molecule has 0 unspecified atom stereocenters. The van der Waals surface area contributed by atoms with E-state index in [2.05, 4.69) is 0 Å². The van der Waals surface area contributed by atoms with Crippen LogP contribution in [0.2, 0.25) is 0 Å². The zero-order valence-corrected chi connectivity index (χ0v) is 25.0. The molecule has 2 heterocycles. The molecule has 2 aliphatic heterocycles. The molecule has 2 saturated heterocycles. The lowest BCUT2D eigenvalue weighted by Crippen LogP contribution is -2.66. The first-order chi connectivity index (χ1) is 20.5. The number of carbonyl (C=O) groups is 7.